The zero-order valence-corrected chi connectivity index (χ0v) is 15.1. The van der Waals surface area contributed by atoms with Gasteiger partial charge >= 0.3 is 5.97 Å². The molecule has 0 aliphatic carbocycles. The molecule has 0 bridgehead atoms. The normalized spacial score (nSPS) is 17.8. The molecule has 1 heterocycles. The maximum absolute atomic E-state index is 12.8. The van der Waals surface area contributed by atoms with Crippen LogP contribution in [0.2, 0.25) is 0 Å². The van der Waals surface area contributed by atoms with Crippen molar-refractivity contribution in [2.24, 2.45) is 0 Å². The van der Waals surface area contributed by atoms with Crippen molar-refractivity contribution in [2.75, 3.05) is 6.54 Å². The molecule has 1 aliphatic rings. The van der Waals surface area contributed by atoms with E-state index in [4.69, 9.17) is 4.74 Å². The van der Waals surface area contributed by atoms with Crippen LogP contribution in [-0.4, -0.2) is 37.1 Å². The molecule has 0 radical (unpaired) electrons. The van der Waals surface area contributed by atoms with E-state index in [0.717, 1.165) is 0 Å². The highest BCUT2D eigenvalue weighted by Gasteiger charge is 2.40. The summed E-state index contributed by atoms with van der Waals surface area (Å²) < 4.78 is 32.1. The zero-order chi connectivity index (χ0) is 18.7. The largest absolute Gasteiger partial charge is 0.425 e. The summed E-state index contributed by atoms with van der Waals surface area (Å²) in [6.45, 7) is 1.73. The fourth-order valence-corrected chi connectivity index (χ4v) is 4.60. The lowest BCUT2D eigenvalue weighted by atomic mass is 10.1. The maximum Gasteiger partial charge on any atom is 0.329 e. The minimum absolute atomic E-state index is 0.0844. The van der Waals surface area contributed by atoms with Gasteiger partial charge in [0, 0.05) is 12.1 Å². The van der Waals surface area contributed by atoms with Gasteiger partial charge in [-0.25, -0.2) is 13.2 Å². The zero-order valence-electron chi connectivity index (χ0n) is 14.3. The predicted octanol–water partition coefficient (Wildman–Crippen LogP) is 2.65. The van der Waals surface area contributed by atoms with Gasteiger partial charge in [-0.2, -0.15) is 4.31 Å². The van der Waals surface area contributed by atoms with Gasteiger partial charge in [0.25, 0.3) is 0 Å². The van der Waals surface area contributed by atoms with Crippen LogP contribution in [0.5, 0.6) is 5.75 Å². The molecule has 3 rings (SSSR count). The molecule has 1 saturated heterocycles. The molecule has 0 saturated carbocycles. The molecule has 1 fully saturated rings. The molecule has 0 unspecified atom stereocenters. The molecule has 2 aromatic carbocycles. The van der Waals surface area contributed by atoms with Crippen LogP contribution in [0.4, 0.5) is 0 Å². The first-order chi connectivity index (χ1) is 12.4. The summed E-state index contributed by atoms with van der Waals surface area (Å²) in [6, 6.07) is 13.4. The molecule has 26 heavy (non-hydrogen) atoms. The third-order valence-electron chi connectivity index (χ3n) is 4.30. The van der Waals surface area contributed by atoms with E-state index in [1.165, 1.54) is 35.5 Å². The fraction of sp³-hybridized carbons (Fsp3) is 0.263. The number of ether oxygens (including phenoxy) is 1. The molecule has 0 amide bonds. The van der Waals surface area contributed by atoms with Crippen LogP contribution in [0.15, 0.2) is 59.5 Å². The Labute approximate surface area is 152 Å². The molecule has 0 aromatic heterocycles. The third-order valence-corrected chi connectivity index (χ3v) is 6.23. The van der Waals surface area contributed by atoms with E-state index < -0.39 is 22.0 Å². The molecule has 1 atom stereocenters. The Morgan fingerprint density at radius 2 is 1.69 bits per heavy atom. The van der Waals surface area contributed by atoms with Crippen molar-refractivity contribution in [3.8, 4) is 5.75 Å². The van der Waals surface area contributed by atoms with Crippen molar-refractivity contribution < 1.29 is 22.7 Å². The first-order valence-corrected chi connectivity index (χ1v) is 9.73. The number of carbonyl (C=O) groups excluding carboxylic acids is 2. The van der Waals surface area contributed by atoms with Crippen LogP contribution in [0.3, 0.4) is 0 Å². The Morgan fingerprint density at radius 1 is 1.04 bits per heavy atom. The lowest BCUT2D eigenvalue weighted by Crippen LogP contribution is -2.42. The number of carbonyl (C=O) groups is 2. The monoisotopic (exact) mass is 373 g/mol. The van der Waals surface area contributed by atoms with E-state index in [0.29, 0.717) is 18.4 Å². The number of nitrogens with zero attached hydrogens (tertiary/aromatic N) is 1. The lowest BCUT2D eigenvalue weighted by Gasteiger charge is -2.22. The summed E-state index contributed by atoms with van der Waals surface area (Å²) in [5.41, 5.74) is 0.513. The number of hydrogen-bond donors (Lipinski definition) is 0. The van der Waals surface area contributed by atoms with Gasteiger partial charge in [0.05, 0.1) is 4.90 Å². The van der Waals surface area contributed by atoms with Gasteiger partial charge in [0.2, 0.25) is 10.0 Å². The van der Waals surface area contributed by atoms with Crippen molar-refractivity contribution >= 4 is 21.8 Å². The van der Waals surface area contributed by atoms with Gasteiger partial charge in [-0.1, -0.05) is 18.2 Å². The Hall–Kier alpha value is -2.51. The van der Waals surface area contributed by atoms with E-state index in [2.05, 4.69) is 0 Å². The Balaban J connectivity index is 1.77. The van der Waals surface area contributed by atoms with Crippen LogP contribution in [0.25, 0.3) is 0 Å². The molecule has 136 valence electrons. The minimum Gasteiger partial charge on any atom is -0.425 e. The van der Waals surface area contributed by atoms with Crippen molar-refractivity contribution in [3.63, 3.8) is 0 Å². The van der Waals surface area contributed by atoms with Crippen molar-refractivity contribution in [1.29, 1.82) is 0 Å². The van der Waals surface area contributed by atoms with Crippen molar-refractivity contribution in [1.82, 2.24) is 4.31 Å². The highest BCUT2D eigenvalue weighted by atomic mass is 32.2. The molecular weight excluding hydrogens is 354 g/mol. The maximum atomic E-state index is 12.8. The summed E-state index contributed by atoms with van der Waals surface area (Å²) in [5.74, 6) is -0.416. The van der Waals surface area contributed by atoms with Crippen LogP contribution in [0.1, 0.15) is 30.1 Å². The van der Waals surface area contributed by atoms with E-state index in [9.17, 15) is 18.0 Å². The second-order valence-electron chi connectivity index (χ2n) is 6.09. The Kier molecular flexibility index (Phi) is 5.20. The second-order valence-corrected chi connectivity index (χ2v) is 7.98. The summed E-state index contributed by atoms with van der Waals surface area (Å²) in [6.07, 6.45) is 1.01. The average molecular weight is 373 g/mol. The van der Waals surface area contributed by atoms with E-state index in [1.54, 1.807) is 30.3 Å². The van der Waals surface area contributed by atoms with Crippen LogP contribution < -0.4 is 4.74 Å². The molecular formula is C19H19NO5S. The number of Topliss-reactive ketones (excluding diaryl/α,β-unsaturated/α-hetero) is 1. The number of esters is 1. The first-order valence-electron chi connectivity index (χ1n) is 8.29. The van der Waals surface area contributed by atoms with Gasteiger partial charge in [-0.15, -0.1) is 0 Å². The standard InChI is InChI=1S/C19H19NO5S/c1-14(21)15-9-11-16(12-10-15)25-19(22)18-8-5-13-20(18)26(23,24)17-6-3-2-4-7-17/h2-4,6-7,9-12,18H,5,8,13H2,1H3/t18-/m0/s1. The highest BCUT2D eigenvalue weighted by Crippen LogP contribution is 2.27. The van der Waals surface area contributed by atoms with Crippen LogP contribution in [0, 0.1) is 0 Å². The van der Waals surface area contributed by atoms with Crippen molar-refractivity contribution in [2.45, 2.75) is 30.7 Å². The average Bonchev–Trinajstić information content (AvgIpc) is 3.14. The van der Waals surface area contributed by atoms with Gasteiger partial charge in [0.1, 0.15) is 11.8 Å². The van der Waals surface area contributed by atoms with E-state index in [1.807, 2.05) is 0 Å². The van der Waals surface area contributed by atoms with Gasteiger partial charge in [-0.05, 0) is 56.2 Å². The molecule has 0 spiro atoms. The topological polar surface area (TPSA) is 80.8 Å². The van der Waals surface area contributed by atoms with Gasteiger partial charge in [-0.3, -0.25) is 4.79 Å². The summed E-state index contributed by atoms with van der Waals surface area (Å²) in [4.78, 5) is 24.0. The van der Waals surface area contributed by atoms with Crippen LogP contribution >= 0.6 is 0 Å². The molecule has 7 heteroatoms. The lowest BCUT2D eigenvalue weighted by molar-refractivity contribution is -0.137. The van der Waals surface area contributed by atoms with E-state index >= 15 is 0 Å². The van der Waals surface area contributed by atoms with Crippen LogP contribution in [-0.2, 0) is 14.8 Å². The smallest absolute Gasteiger partial charge is 0.329 e. The summed E-state index contributed by atoms with van der Waals surface area (Å²) in [5, 5.41) is 0. The number of ketones is 1. The molecule has 1 aliphatic heterocycles. The molecule has 6 nitrogen and oxygen atoms in total. The quantitative estimate of drug-likeness (QED) is 0.457. The SMILES string of the molecule is CC(=O)c1ccc(OC(=O)[C@@H]2CCCN2S(=O)(=O)c2ccccc2)cc1. The number of benzene rings is 2. The minimum atomic E-state index is -3.76. The second kappa shape index (κ2) is 7.39. The Morgan fingerprint density at radius 3 is 2.31 bits per heavy atom. The van der Waals surface area contributed by atoms with E-state index in [-0.39, 0.29) is 23.0 Å². The van der Waals surface area contributed by atoms with Gasteiger partial charge in [0.15, 0.2) is 5.78 Å². The third kappa shape index (κ3) is 3.68. The molecule has 0 N–H and O–H groups in total. The fourth-order valence-electron chi connectivity index (χ4n) is 2.93. The summed E-state index contributed by atoms with van der Waals surface area (Å²) in [7, 11) is -3.76. The number of hydrogen-bond acceptors (Lipinski definition) is 5. The predicted molar refractivity (Wildman–Crippen MR) is 95.4 cm³/mol. The van der Waals surface area contributed by atoms with Gasteiger partial charge < -0.3 is 4.74 Å². The first kappa shape index (κ1) is 18.3. The number of rotatable bonds is 5. The number of sulfonamides is 1. The molecule has 2 aromatic rings. The Bertz CT molecular complexity index is 907. The van der Waals surface area contributed by atoms with Crippen molar-refractivity contribution in [3.05, 3.63) is 60.2 Å². The summed E-state index contributed by atoms with van der Waals surface area (Å²) >= 11 is 0. The highest BCUT2D eigenvalue weighted by molar-refractivity contribution is 7.89.